The zero-order valence-electron chi connectivity index (χ0n) is 30.1. The average molecular weight is 711 g/mol. The van der Waals surface area contributed by atoms with Crippen LogP contribution in [-0.2, 0) is 0 Å². The Morgan fingerprint density at radius 1 is 0.400 bits per heavy atom. The van der Waals surface area contributed by atoms with E-state index in [1.807, 2.05) is 6.07 Å². The number of hydrogen-bond donors (Lipinski definition) is 0. The van der Waals surface area contributed by atoms with Crippen molar-refractivity contribution in [2.75, 3.05) is 36.0 Å². The molecule has 6 nitrogen and oxygen atoms in total. The highest BCUT2D eigenvalue weighted by Crippen LogP contribution is 2.37. The molecule has 0 N–H and O–H groups in total. The minimum atomic E-state index is 0.000229. The lowest BCUT2D eigenvalue weighted by molar-refractivity contribution is 0.464. The summed E-state index contributed by atoms with van der Waals surface area (Å²) in [5.74, 6) is 5.47. The van der Waals surface area contributed by atoms with Crippen LogP contribution in [0.25, 0.3) is 22.3 Å². The van der Waals surface area contributed by atoms with E-state index in [1.165, 1.54) is 11.4 Å². The molecule has 0 radical (unpaired) electrons. The van der Waals surface area contributed by atoms with Crippen molar-refractivity contribution in [3.63, 3.8) is 0 Å². The van der Waals surface area contributed by atoms with Crippen LogP contribution in [0.4, 0.5) is 11.4 Å². The number of ether oxygens (including phenoxy) is 2. The fourth-order valence-electron chi connectivity index (χ4n) is 8.51. The van der Waals surface area contributed by atoms with Gasteiger partial charge in [0.05, 0.1) is 13.1 Å². The summed E-state index contributed by atoms with van der Waals surface area (Å²) in [6, 6.07) is 57.8. The molecule has 4 aliphatic heterocycles. The molecule has 0 spiro atoms. The van der Waals surface area contributed by atoms with Crippen LogP contribution in [0.15, 0.2) is 174 Å². The molecule has 0 aromatic heterocycles. The van der Waals surface area contributed by atoms with Crippen LogP contribution < -0.4 is 35.7 Å². The van der Waals surface area contributed by atoms with E-state index in [-0.39, 0.29) is 6.71 Å². The zero-order chi connectivity index (χ0) is 36.3. The van der Waals surface area contributed by atoms with E-state index in [2.05, 4.69) is 168 Å². The first-order valence-electron chi connectivity index (χ1n) is 19.0. The second-order valence-corrected chi connectivity index (χ2v) is 14.4. The SMILES string of the molecule is c1ccc(N2CCN=C2c2ccc(-c3ccc4c(c3)Oc3cccc5c3B4c3ccc(-c4ccc(C6=NCCN6c6ccccc6)cc4)cc3O5)cc2)cc1. The van der Waals surface area contributed by atoms with Gasteiger partial charge < -0.3 is 19.3 Å². The maximum atomic E-state index is 6.63. The van der Waals surface area contributed by atoms with Gasteiger partial charge in [0.1, 0.15) is 34.7 Å². The smallest absolute Gasteiger partial charge is 0.260 e. The highest BCUT2D eigenvalue weighted by atomic mass is 16.5. The van der Waals surface area contributed by atoms with Crippen LogP contribution >= 0.6 is 0 Å². The predicted octanol–water partition coefficient (Wildman–Crippen LogP) is 8.28. The van der Waals surface area contributed by atoms with Crippen molar-refractivity contribution in [1.82, 2.24) is 0 Å². The van der Waals surface area contributed by atoms with E-state index in [9.17, 15) is 0 Å². The molecule has 7 aromatic carbocycles. The largest absolute Gasteiger partial charge is 0.458 e. The van der Waals surface area contributed by atoms with Gasteiger partial charge in [-0.1, -0.05) is 115 Å². The maximum Gasteiger partial charge on any atom is 0.260 e. The molecule has 7 heteroatoms. The first-order valence-corrected chi connectivity index (χ1v) is 19.0. The summed E-state index contributed by atoms with van der Waals surface area (Å²) < 4.78 is 13.3. The molecular formula is C48H35BN4O2. The van der Waals surface area contributed by atoms with Gasteiger partial charge in [-0.3, -0.25) is 9.98 Å². The zero-order valence-corrected chi connectivity index (χ0v) is 30.1. The summed E-state index contributed by atoms with van der Waals surface area (Å²) in [7, 11) is 0. The fourth-order valence-corrected chi connectivity index (χ4v) is 8.51. The molecule has 0 bridgehead atoms. The van der Waals surface area contributed by atoms with Gasteiger partial charge in [-0.15, -0.1) is 0 Å². The lowest BCUT2D eigenvalue weighted by Crippen LogP contribution is -2.57. The Hall–Kier alpha value is -6.86. The maximum absolute atomic E-state index is 6.63. The monoisotopic (exact) mass is 710 g/mol. The molecule has 0 atom stereocenters. The van der Waals surface area contributed by atoms with E-state index in [0.29, 0.717) is 0 Å². The van der Waals surface area contributed by atoms with Gasteiger partial charge in [-0.2, -0.15) is 0 Å². The van der Waals surface area contributed by atoms with Gasteiger partial charge in [0.25, 0.3) is 6.71 Å². The average Bonchev–Trinajstić information content (AvgIpc) is 3.96. The molecule has 0 saturated heterocycles. The number of anilines is 2. The van der Waals surface area contributed by atoms with Crippen molar-refractivity contribution in [1.29, 1.82) is 0 Å². The molecular weight excluding hydrogens is 675 g/mol. The first-order chi connectivity index (χ1) is 27.2. The summed E-state index contributed by atoms with van der Waals surface area (Å²) in [5, 5.41) is 0. The van der Waals surface area contributed by atoms with Gasteiger partial charge in [-0.25, -0.2) is 0 Å². The highest BCUT2D eigenvalue weighted by Gasteiger charge is 2.40. The number of fused-ring (bicyclic) bond motifs is 4. The molecule has 4 aliphatic rings. The third-order valence-electron chi connectivity index (χ3n) is 11.2. The molecule has 262 valence electrons. The predicted molar refractivity (Wildman–Crippen MR) is 225 cm³/mol. The number of para-hydroxylation sites is 2. The lowest BCUT2D eigenvalue weighted by atomic mass is 9.35. The van der Waals surface area contributed by atoms with Crippen molar-refractivity contribution < 1.29 is 9.47 Å². The Balaban J connectivity index is 0.885. The van der Waals surface area contributed by atoms with E-state index in [1.54, 1.807) is 0 Å². The van der Waals surface area contributed by atoms with Crippen LogP contribution in [0.1, 0.15) is 11.1 Å². The molecule has 7 aromatic rings. The van der Waals surface area contributed by atoms with Crippen LogP contribution in [-0.4, -0.2) is 44.6 Å². The number of rotatable bonds is 6. The van der Waals surface area contributed by atoms with Crippen LogP contribution in [0.5, 0.6) is 23.0 Å². The van der Waals surface area contributed by atoms with Gasteiger partial charge in [0, 0.05) is 41.1 Å². The summed E-state index contributed by atoms with van der Waals surface area (Å²) >= 11 is 0. The number of amidine groups is 2. The standard InChI is InChI=1S/C48H35BN4O2/c1-3-8-38(9-4-1)52-28-26-50-47(52)34-18-14-32(15-19-34)36-22-24-40-44(30-36)54-42-12-7-13-43-46(42)49(40)41-25-23-37(31-45(41)55-43)33-16-20-35(21-17-33)48-51-27-29-53(48)39-10-5-2-6-11-39/h1-25,30-31H,26-29H2. The van der Waals surface area contributed by atoms with Crippen molar-refractivity contribution in [3.05, 3.63) is 175 Å². The molecule has 0 aliphatic carbocycles. The highest BCUT2D eigenvalue weighted by molar-refractivity contribution is 6.98. The number of aliphatic imine (C=N–C) groups is 2. The van der Waals surface area contributed by atoms with E-state index < -0.39 is 0 Å². The Labute approximate surface area is 320 Å². The molecule has 55 heavy (non-hydrogen) atoms. The topological polar surface area (TPSA) is 49.7 Å². The third-order valence-corrected chi connectivity index (χ3v) is 11.2. The lowest BCUT2D eigenvalue weighted by Gasteiger charge is -2.33. The Kier molecular flexibility index (Phi) is 7.44. The second kappa shape index (κ2) is 12.9. The Bertz CT molecular complexity index is 2480. The molecule has 0 amide bonds. The quantitative estimate of drug-likeness (QED) is 0.163. The second-order valence-electron chi connectivity index (χ2n) is 14.4. The minimum absolute atomic E-state index is 0.000229. The van der Waals surface area contributed by atoms with Crippen molar-refractivity contribution in [3.8, 4) is 45.3 Å². The number of nitrogens with zero attached hydrogens (tertiary/aromatic N) is 4. The molecule has 4 heterocycles. The number of benzene rings is 7. The van der Waals surface area contributed by atoms with E-state index >= 15 is 0 Å². The van der Waals surface area contributed by atoms with Gasteiger partial charge >= 0.3 is 0 Å². The Morgan fingerprint density at radius 2 is 0.818 bits per heavy atom. The van der Waals surface area contributed by atoms with Crippen LogP contribution in [0.3, 0.4) is 0 Å². The molecule has 0 unspecified atom stereocenters. The first kappa shape index (κ1) is 31.7. The molecule has 0 fully saturated rings. The Morgan fingerprint density at radius 3 is 1.27 bits per heavy atom. The van der Waals surface area contributed by atoms with Crippen molar-refractivity contribution >= 4 is 46.1 Å². The summed E-state index contributed by atoms with van der Waals surface area (Å²) in [4.78, 5) is 14.3. The minimum Gasteiger partial charge on any atom is -0.458 e. The summed E-state index contributed by atoms with van der Waals surface area (Å²) in [5.41, 5.74) is 12.4. The van der Waals surface area contributed by atoms with Crippen molar-refractivity contribution in [2.45, 2.75) is 0 Å². The normalized spacial score (nSPS) is 15.0. The molecule has 0 saturated carbocycles. The van der Waals surface area contributed by atoms with Gasteiger partial charge in [0.2, 0.25) is 0 Å². The number of hydrogen-bond acceptors (Lipinski definition) is 6. The van der Waals surface area contributed by atoms with Crippen LogP contribution in [0.2, 0.25) is 0 Å². The van der Waals surface area contributed by atoms with Gasteiger partial charge in [0.15, 0.2) is 0 Å². The summed E-state index contributed by atoms with van der Waals surface area (Å²) in [6.45, 7) is 3.38. The summed E-state index contributed by atoms with van der Waals surface area (Å²) in [6.07, 6.45) is 0. The van der Waals surface area contributed by atoms with E-state index in [4.69, 9.17) is 19.5 Å². The molecule has 11 rings (SSSR count). The van der Waals surface area contributed by atoms with Crippen molar-refractivity contribution in [2.24, 2.45) is 9.98 Å². The third kappa shape index (κ3) is 5.42. The van der Waals surface area contributed by atoms with Gasteiger partial charge in [-0.05, 0) is 81.7 Å². The van der Waals surface area contributed by atoms with E-state index in [0.717, 1.165) is 111 Å². The fraction of sp³-hybridized carbons (Fsp3) is 0.0833. The van der Waals surface area contributed by atoms with Crippen LogP contribution in [0, 0.1) is 0 Å².